The third-order valence-electron chi connectivity index (χ3n) is 3.28. The normalized spacial score (nSPS) is 12.3. The zero-order valence-corrected chi connectivity index (χ0v) is 12.4. The van der Waals surface area contributed by atoms with Crippen molar-refractivity contribution in [3.8, 4) is 5.75 Å². The summed E-state index contributed by atoms with van der Waals surface area (Å²) in [6.45, 7) is 3.04. The van der Waals surface area contributed by atoms with Crippen LogP contribution in [0.15, 0.2) is 48.5 Å². The summed E-state index contributed by atoms with van der Waals surface area (Å²) in [5.74, 6) is 0.323. The summed E-state index contributed by atoms with van der Waals surface area (Å²) in [4.78, 5) is 0. The van der Waals surface area contributed by atoms with E-state index in [2.05, 4.69) is 24.4 Å². The minimum Gasteiger partial charge on any atom is -0.508 e. The quantitative estimate of drug-likeness (QED) is 0.847. The highest BCUT2D eigenvalue weighted by molar-refractivity contribution is 6.30. The molecule has 1 atom stereocenters. The van der Waals surface area contributed by atoms with Gasteiger partial charge in [0.2, 0.25) is 0 Å². The second-order valence-electron chi connectivity index (χ2n) is 4.96. The van der Waals surface area contributed by atoms with E-state index in [4.69, 9.17) is 11.6 Å². The van der Waals surface area contributed by atoms with Gasteiger partial charge in [-0.3, -0.25) is 0 Å². The highest BCUT2D eigenvalue weighted by Gasteiger charge is 2.10. The predicted octanol–water partition coefficient (Wildman–Crippen LogP) is 3.81. The molecule has 2 aromatic carbocycles. The summed E-state index contributed by atoms with van der Waals surface area (Å²) < 4.78 is 0. The van der Waals surface area contributed by atoms with Crippen LogP contribution in [0.2, 0.25) is 5.02 Å². The molecule has 3 heteroatoms. The highest BCUT2D eigenvalue weighted by atomic mass is 35.5. The maximum Gasteiger partial charge on any atom is 0.115 e. The number of benzene rings is 2. The lowest BCUT2D eigenvalue weighted by molar-refractivity contribution is 0.472. The molecule has 0 aliphatic carbocycles. The van der Waals surface area contributed by atoms with Crippen LogP contribution >= 0.6 is 11.6 Å². The maximum absolute atomic E-state index is 9.54. The first-order valence-electron chi connectivity index (χ1n) is 6.93. The Labute approximate surface area is 125 Å². The molecular formula is C17H20ClNO. The number of hydrogen-bond donors (Lipinski definition) is 2. The van der Waals surface area contributed by atoms with E-state index in [9.17, 15) is 5.11 Å². The fourth-order valence-corrected chi connectivity index (χ4v) is 2.50. The summed E-state index contributed by atoms with van der Waals surface area (Å²) in [7, 11) is 0. The standard InChI is InChI=1S/C17H20ClNO/c1-2-19-16(10-13-6-8-15(18)9-7-13)11-14-4-3-5-17(20)12-14/h3-9,12,16,19-20H,2,10-11H2,1H3. The first kappa shape index (κ1) is 14.9. The van der Waals surface area contributed by atoms with E-state index >= 15 is 0 Å². The van der Waals surface area contributed by atoms with E-state index in [1.807, 2.05) is 30.3 Å². The zero-order chi connectivity index (χ0) is 14.4. The molecule has 2 N–H and O–H groups in total. The number of aromatic hydroxyl groups is 1. The maximum atomic E-state index is 9.54. The van der Waals surface area contributed by atoms with Crippen molar-refractivity contribution in [1.29, 1.82) is 0 Å². The Bertz CT molecular complexity index is 539. The lowest BCUT2D eigenvalue weighted by atomic mass is 9.99. The molecule has 2 rings (SSSR count). The molecule has 0 amide bonds. The predicted molar refractivity (Wildman–Crippen MR) is 84.4 cm³/mol. The molecule has 0 bridgehead atoms. The summed E-state index contributed by atoms with van der Waals surface area (Å²) in [6, 6.07) is 15.8. The van der Waals surface area contributed by atoms with Gasteiger partial charge in [0.05, 0.1) is 0 Å². The molecule has 2 nitrogen and oxygen atoms in total. The lowest BCUT2D eigenvalue weighted by Gasteiger charge is -2.18. The van der Waals surface area contributed by atoms with Crippen LogP contribution in [0.5, 0.6) is 5.75 Å². The van der Waals surface area contributed by atoms with E-state index in [1.54, 1.807) is 6.07 Å². The Kier molecular flexibility index (Phi) is 5.45. The Morgan fingerprint density at radius 1 is 1.05 bits per heavy atom. The number of likely N-dealkylation sites (N-methyl/N-ethyl adjacent to an activating group) is 1. The molecule has 20 heavy (non-hydrogen) atoms. The number of phenolic OH excluding ortho intramolecular Hbond substituents is 1. The molecule has 1 unspecified atom stereocenters. The third kappa shape index (κ3) is 4.55. The van der Waals surface area contributed by atoms with Crippen LogP contribution in [-0.4, -0.2) is 17.7 Å². The summed E-state index contributed by atoms with van der Waals surface area (Å²) in [6.07, 6.45) is 1.84. The second kappa shape index (κ2) is 7.32. The number of phenols is 1. The molecule has 0 radical (unpaired) electrons. The number of nitrogens with one attached hydrogen (secondary N) is 1. The van der Waals surface area contributed by atoms with Gasteiger partial charge in [0.1, 0.15) is 5.75 Å². The van der Waals surface area contributed by atoms with Gasteiger partial charge in [0.25, 0.3) is 0 Å². The second-order valence-corrected chi connectivity index (χ2v) is 5.40. The van der Waals surface area contributed by atoms with Gasteiger partial charge in [-0.1, -0.05) is 42.8 Å². The third-order valence-corrected chi connectivity index (χ3v) is 3.53. The van der Waals surface area contributed by atoms with Crippen molar-refractivity contribution in [3.05, 3.63) is 64.7 Å². The molecule has 0 heterocycles. The molecule has 2 aromatic rings. The van der Waals surface area contributed by atoms with Crippen LogP contribution in [0.25, 0.3) is 0 Å². The average molecular weight is 290 g/mol. The van der Waals surface area contributed by atoms with Gasteiger partial charge >= 0.3 is 0 Å². The van der Waals surface area contributed by atoms with Crippen molar-refractivity contribution in [2.45, 2.75) is 25.8 Å². The van der Waals surface area contributed by atoms with E-state index in [0.717, 1.165) is 30.0 Å². The van der Waals surface area contributed by atoms with Gasteiger partial charge < -0.3 is 10.4 Å². The summed E-state index contributed by atoms with van der Waals surface area (Å²) in [5.41, 5.74) is 2.41. The number of hydrogen-bond acceptors (Lipinski definition) is 2. The Hall–Kier alpha value is -1.51. The zero-order valence-electron chi connectivity index (χ0n) is 11.6. The molecule has 0 spiro atoms. The van der Waals surface area contributed by atoms with Gasteiger partial charge in [-0.15, -0.1) is 0 Å². The van der Waals surface area contributed by atoms with E-state index in [0.29, 0.717) is 11.8 Å². The molecule has 0 aliphatic rings. The minimum absolute atomic E-state index is 0.323. The van der Waals surface area contributed by atoms with Crippen molar-refractivity contribution in [2.24, 2.45) is 0 Å². The first-order chi connectivity index (χ1) is 9.67. The summed E-state index contributed by atoms with van der Waals surface area (Å²) in [5, 5.41) is 13.8. The van der Waals surface area contributed by atoms with Crippen LogP contribution in [0.4, 0.5) is 0 Å². The Morgan fingerprint density at radius 2 is 1.75 bits per heavy atom. The molecule has 0 aliphatic heterocycles. The van der Waals surface area contributed by atoms with E-state index in [-0.39, 0.29) is 0 Å². The Balaban J connectivity index is 2.05. The SMILES string of the molecule is CCNC(Cc1ccc(Cl)cc1)Cc1cccc(O)c1. The van der Waals surface area contributed by atoms with Gasteiger partial charge in [0, 0.05) is 11.1 Å². The van der Waals surface area contributed by atoms with Crippen molar-refractivity contribution in [3.63, 3.8) is 0 Å². The average Bonchev–Trinajstić information content (AvgIpc) is 2.42. The van der Waals surface area contributed by atoms with Crippen LogP contribution in [0.1, 0.15) is 18.1 Å². The minimum atomic E-state index is 0.323. The van der Waals surface area contributed by atoms with E-state index < -0.39 is 0 Å². The van der Waals surface area contributed by atoms with Gasteiger partial charge in [0.15, 0.2) is 0 Å². The monoisotopic (exact) mass is 289 g/mol. The lowest BCUT2D eigenvalue weighted by Crippen LogP contribution is -2.33. The van der Waals surface area contributed by atoms with Gasteiger partial charge in [-0.05, 0) is 54.8 Å². The van der Waals surface area contributed by atoms with Crippen molar-refractivity contribution in [2.75, 3.05) is 6.54 Å². The number of rotatable bonds is 6. The van der Waals surface area contributed by atoms with Crippen molar-refractivity contribution < 1.29 is 5.11 Å². The molecule has 0 saturated heterocycles. The van der Waals surface area contributed by atoms with Crippen LogP contribution < -0.4 is 5.32 Å². The molecular weight excluding hydrogens is 270 g/mol. The molecule has 0 fully saturated rings. The molecule has 0 saturated carbocycles. The summed E-state index contributed by atoms with van der Waals surface area (Å²) >= 11 is 5.91. The van der Waals surface area contributed by atoms with Crippen molar-refractivity contribution in [1.82, 2.24) is 5.32 Å². The van der Waals surface area contributed by atoms with Crippen LogP contribution in [-0.2, 0) is 12.8 Å². The smallest absolute Gasteiger partial charge is 0.115 e. The topological polar surface area (TPSA) is 32.3 Å². The molecule has 0 aromatic heterocycles. The van der Waals surface area contributed by atoms with Crippen LogP contribution in [0.3, 0.4) is 0 Å². The highest BCUT2D eigenvalue weighted by Crippen LogP contribution is 2.16. The molecule has 106 valence electrons. The van der Waals surface area contributed by atoms with Gasteiger partial charge in [-0.25, -0.2) is 0 Å². The van der Waals surface area contributed by atoms with Crippen molar-refractivity contribution >= 4 is 11.6 Å². The first-order valence-corrected chi connectivity index (χ1v) is 7.31. The number of halogens is 1. The fourth-order valence-electron chi connectivity index (χ4n) is 2.38. The van der Waals surface area contributed by atoms with E-state index in [1.165, 1.54) is 5.56 Å². The van der Waals surface area contributed by atoms with Gasteiger partial charge in [-0.2, -0.15) is 0 Å². The largest absolute Gasteiger partial charge is 0.508 e. The fraction of sp³-hybridized carbons (Fsp3) is 0.294. The Morgan fingerprint density at radius 3 is 2.40 bits per heavy atom. The van der Waals surface area contributed by atoms with Crippen LogP contribution in [0, 0.1) is 0 Å².